The summed E-state index contributed by atoms with van der Waals surface area (Å²) < 4.78 is 0. The second-order valence-electron chi connectivity index (χ2n) is 4.67. The molecule has 0 aromatic heterocycles. The lowest BCUT2D eigenvalue weighted by molar-refractivity contribution is 0.476. The van der Waals surface area contributed by atoms with E-state index < -0.39 is 0 Å². The minimum Gasteiger partial charge on any atom is -0.0533 e. The van der Waals surface area contributed by atoms with Crippen molar-refractivity contribution in [3.8, 4) is 0 Å². The van der Waals surface area contributed by atoms with Gasteiger partial charge in [-0.3, -0.25) is 0 Å². The minimum atomic E-state index is 0.987. The topological polar surface area (TPSA) is 0 Å². The zero-order valence-corrected chi connectivity index (χ0v) is 6.60. The third-order valence-electron chi connectivity index (χ3n) is 4.16. The monoisotopic (exact) mass is 136 g/mol. The SMILES string of the molecule is C1CCC2CC23CC3CC1. The highest BCUT2D eigenvalue weighted by molar-refractivity contribution is 5.18. The van der Waals surface area contributed by atoms with Gasteiger partial charge in [0.05, 0.1) is 0 Å². The van der Waals surface area contributed by atoms with Crippen molar-refractivity contribution in [1.29, 1.82) is 0 Å². The molecule has 3 rings (SSSR count). The molecule has 3 fully saturated rings. The van der Waals surface area contributed by atoms with Crippen LogP contribution in [-0.4, -0.2) is 0 Å². The van der Waals surface area contributed by atoms with E-state index in [2.05, 4.69) is 0 Å². The number of hydrogen-bond acceptors (Lipinski definition) is 0. The Morgan fingerprint density at radius 3 is 2.00 bits per heavy atom. The molecule has 10 heavy (non-hydrogen) atoms. The van der Waals surface area contributed by atoms with Crippen molar-refractivity contribution in [2.45, 2.75) is 44.9 Å². The summed E-state index contributed by atoms with van der Waals surface area (Å²) >= 11 is 0. The summed E-state index contributed by atoms with van der Waals surface area (Å²) in [6, 6.07) is 0. The lowest BCUT2D eigenvalue weighted by atomic mass is 10.0. The van der Waals surface area contributed by atoms with Crippen LogP contribution >= 0.6 is 0 Å². The van der Waals surface area contributed by atoms with Crippen LogP contribution in [0, 0.1) is 17.3 Å². The molecule has 0 heterocycles. The summed E-state index contributed by atoms with van der Waals surface area (Å²) in [5.41, 5.74) is 0.987. The Hall–Kier alpha value is 0. The van der Waals surface area contributed by atoms with Crippen LogP contribution < -0.4 is 0 Å². The first-order valence-electron chi connectivity index (χ1n) is 4.92. The molecule has 1 spiro atoms. The summed E-state index contributed by atoms with van der Waals surface area (Å²) in [5.74, 6) is 2.41. The van der Waals surface area contributed by atoms with Crippen LogP contribution in [0.25, 0.3) is 0 Å². The Morgan fingerprint density at radius 2 is 1.40 bits per heavy atom. The van der Waals surface area contributed by atoms with Gasteiger partial charge in [0.2, 0.25) is 0 Å². The summed E-state index contributed by atoms with van der Waals surface area (Å²) in [6.45, 7) is 0. The maximum absolute atomic E-state index is 1.62. The highest BCUT2D eigenvalue weighted by Gasteiger charge is 2.68. The first kappa shape index (κ1) is 5.62. The number of rotatable bonds is 0. The van der Waals surface area contributed by atoms with Crippen LogP contribution in [-0.2, 0) is 0 Å². The fourth-order valence-electron chi connectivity index (χ4n) is 3.29. The van der Waals surface area contributed by atoms with Gasteiger partial charge in [0.15, 0.2) is 0 Å². The molecule has 3 aliphatic carbocycles. The summed E-state index contributed by atoms with van der Waals surface area (Å²) in [7, 11) is 0. The number of hydrogen-bond donors (Lipinski definition) is 0. The Labute approximate surface area is 63.0 Å². The van der Waals surface area contributed by atoms with Crippen LogP contribution in [0.3, 0.4) is 0 Å². The van der Waals surface area contributed by atoms with Crippen LogP contribution in [0.1, 0.15) is 44.9 Å². The van der Waals surface area contributed by atoms with Crippen molar-refractivity contribution in [3.05, 3.63) is 0 Å². The van der Waals surface area contributed by atoms with E-state index in [4.69, 9.17) is 0 Å². The van der Waals surface area contributed by atoms with Gasteiger partial charge in [0.25, 0.3) is 0 Å². The first-order chi connectivity index (χ1) is 4.92. The molecule has 56 valence electrons. The van der Waals surface area contributed by atoms with Crippen LogP contribution in [0.15, 0.2) is 0 Å². The van der Waals surface area contributed by atoms with Crippen LogP contribution in [0.5, 0.6) is 0 Å². The fraction of sp³-hybridized carbons (Fsp3) is 1.00. The molecule has 0 amide bonds. The Morgan fingerprint density at radius 1 is 0.800 bits per heavy atom. The van der Waals surface area contributed by atoms with Crippen molar-refractivity contribution in [2.24, 2.45) is 17.3 Å². The molecule has 0 aromatic rings. The van der Waals surface area contributed by atoms with E-state index in [1.807, 2.05) is 0 Å². The average molecular weight is 136 g/mol. The molecule has 0 bridgehead atoms. The Kier molecular flexibility index (Phi) is 0.898. The second kappa shape index (κ2) is 1.60. The summed E-state index contributed by atoms with van der Waals surface area (Å²) in [4.78, 5) is 0. The smallest absolute Gasteiger partial charge is 0.0235 e. The average Bonchev–Trinajstić information content (AvgIpc) is 2.76. The van der Waals surface area contributed by atoms with E-state index in [0.717, 1.165) is 5.41 Å². The molecule has 0 heteroatoms. The van der Waals surface area contributed by atoms with E-state index in [-0.39, 0.29) is 0 Å². The Balaban J connectivity index is 1.75. The van der Waals surface area contributed by atoms with Crippen LogP contribution in [0.4, 0.5) is 0 Å². The molecule has 3 aliphatic rings. The van der Waals surface area contributed by atoms with E-state index >= 15 is 0 Å². The largest absolute Gasteiger partial charge is 0.0533 e. The second-order valence-corrected chi connectivity index (χ2v) is 4.67. The lowest BCUT2D eigenvalue weighted by Crippen LogP contribution is -1.92. The van der Waals surface area contributed by atoms with E-state index in [0.29, 0.717) is 0 Å². The maximum atomic E-state index is 1.62. The highest BCUT2D eigenvalue weighted by Crippen LogP contribution is 2.77. The minimum absolute atomic E-state index is 0.987. The zero-order valence-electron chi connectivity index (χ0n) is 6.60. The van der Waals surface area contributed by atoms with Crippen molar-refractivity contribution in [2.75, 3.05) is 0 Å². The van der Waals surface area contributed by atoms with Crippen molar-refractivity contribution in [3.63, 3.8) is 0 Å². The molecule has 2 atom stereocenters. The van der Waals surface area contributed by atoms with Gasteiger partial charge in [-0.2, -0.15) is 0 Å². The van der Waals surface area contributed by atoms with Gasteiger partial charge in [-0.1, -0.05) is 19.3 Å². The molecule has 0 radical (unpaired) electrons. The predicted octanol–water partition coefficient (Wildman–Crippen LogP) is 2.98. The molecule has 0 aromatic carbocycles. The van der Waals surface area contributed by atoms with Gasteiger partial charge in [-0.15, -0.1) is 0 Å². The van der Waals surface area contributed by atoms with E-state index in [1.54, 1.807) is 38.5 Å². The molecular formula is C10H16. The van der Waals surface area contributed by atoms with Crippen LogP contribution in [0.2, 0.25) is 0 Å². The normalized spacial score (nSPS) is 57.6. The molecule has 0 nitrogen and oxygen atoms in total. The predicted molar refractivity (Wildman–Crippen MR) is 41.7 cm³/mol. The van der Waals surface area contributed by atoms with Gasteiger partial charge in [0.1, 0.15) is 0 Å². The van der Waals surface area contributed by atoms with Gasteiger partial charge >= 0.3 is 0 Å². The van der Waals surface area contributed by atoms with Crippen molar-refractivity contribution >= 4 is 0 Å². The maximum Gasteiger partial charge on any atom is -0.0235 e. The van der Waals surface area contributed by atoms with Gasteiger partial charge in [0, 0.05) is 0 Å². The summed E-state index contributed by atoms with van der Waals surface area (Å²) in [6.07, 6.45) is 11.0. The van der Waals surface area contributed by atoms with E-state index in [1.165, 1.54) is 18.3 Å². The Bertz CT molecular complexity index is 141. The van der Waals surface area contributed by atoms with Gasteiger partial charge in [-0.25, -0.2) is 0 Å². The van der Waals surface area contributed by atoms with E-state index in [9.17, 15) is 0 Å². The van der Waals surface area contributed by atoms with Crippen molar-refractivity contribution in [1.82, 2.24) is 0 Å². The molecule has 3 saturated carbocycles. The lowest BCUT2D eigenvalue weighted by Gasteiger charge is -2.04. The molecular weight excluding hydrogens is 120 g/mol. The standard InChI is InChI=1S/C10H16/c1-2-4-8-6-10(8)7-9(10)5-3-1/h8-9H,1-7H2. The summed E-state index contributed by atoms with van der Waals surface area (Å²) in [5, 5.41) is 0. The third kappa shape index (κ3) is 0.580. The molecule has 0 saturated heterocycles. The van der Waals surface area contributed by atoms with Crippen molar-refractivity contribution < 1.29 is 0 Å². The molecule has 2 unspecified atom stereocenters. The molecule has 0 aliphatic heterocycles. The highest BCUT2D eigenvalue weighted by atomic mass is 14.7. The molecule has 0 N–H and O–H groups in total. The van der Waals surface area contributed by atoms with Gasteiger partial charge in [-0.05, 0) is 42.9 Å². The van der Waals surface area contributed by atoms with Gasteiger partial charge < -0.3 is 0 Å². The zero-order chi connectivity index (χ0) is 6.60. The fourth-order valence-corrected chi connectivity index (χ4v) is 3.29. The quantitative estimate of drug-likeness (QED) is 0.480. The third-order valence-corrected chi connectivity index (χ3v) is 4.16. The first-order valence-corrected chi connectivity index (χ1v) is 4.92.